The number of aryl methyl sites for hydroxylation is 2. The highest BCUT2D eigenvalue weighted by Gasteiger charge is 2.23. The van der Waals surface area contributed by atoms with Gasteiger partial charge in [0.15, 0.2) is 5.78 Å². The van der Waals surface area contributed by atoms with Gasteiger partial charge in [0, 0.05) is 11.0 Å². The number of hydrogen-bond donors (Lipinski definition) is 0. The number of rotatable bonds is 1. The topological polar surface area (TPSA) is 17.1 Å². The molecule has 0 aliphatic rings. The first-order chi connectivity index (χ1) is 6.32. The monoisotopic (exact) mass is 190 g/mol. The first-order valence-electron chi connectivity index (χ1n) is 4.94. The molecule has 0 heterocycles. The largest absolute Gasteiger partial charge is 0.294 e. The molecule has 0 saturated carbocycles. The van der Waals surface area contributed by atoms with Gasteiger partial charge in [0.25, 0.3) is 0 Å². The maximum absolute atomic E-state index is 12.0. The molecule has 0 aromatic heterocycles. The van der Waals surface area contributed by atoms with Gasteiger partial charge in [-0.2, -0.15) is 0 Å². The fourth-order valence-corrected chi connectivity index (χ4v) is 1.38. The molecule has 1 rings (SSSR count). The number of carbonyl (C=O) groups is 1. The van der Waals surface area contributed by atoms with Gasteiger partial charge >= 0.3 is 0 Å². The lowest BCUT2D eigenvalue weighted by Crippen LogP contribution is -2.21. The first kappa shape index (κ1) is 11.0. The van der Waals surface area contributed by atoms with Crippen molar-refractivity contribution in [1.29, 1.82) is 0 Å². The summed E-state index contributed by atoms with van der Waals surface area (Å²) in [4.78, 5) is 12.0. The van der Waals surface area contributed by atoms with Gasteiger partial charge in [0.2, 0.25) is 0 Å². The van der Waals surface area contributed by atoms with E-state index in [9.17, 15) is 4.79 Å². The van der Waals surface area contributed by atoms with Crippen molar-refractivity contribution in [3.05, 3.63) is 34.9 Å². The minimum Gasteiger partial charge on any atom is -0.294 e. The van der Waals surface area contributed by atoms with Crippen molar-refractivity contribution in [2.24, 2.45) is 5.41 Å². The Labute approximate surface area is 86.1 Å². The number of benzene rings is 1. The van der Waals surface area contributed by atoms with E-state index in [1.165, 1.54) is 0 Å². The summed E-state index contributed by atoms with van der Waals surface area (Å²) in [6, 6.07) is 6.02. The zero-order chi connectivity index (χ0) is 10.9. The van der Waals surface area contributed by atoms with E-state index >= 15 is 0 Å². The summed E-state index contributed by atoms with van der Waals surface area (Å²) in [5.74, 6) is 0.221. The van der Waals surface area contributed by atoms with Gasteiger partial charge < -0.3 is 0 Å². The highest BCUT2D eigenvalue weighted by atomic mass is 16.1. The van der Waals surface area contributed by atoms with Crippen LogP contribution in [0.4, 0.5) is 0 Å². The highest BCUT2D eigenvalue weighted by Crippen LogP contribution is 2.23. The normalized spacial score (nSPS) is 11.5. The minimum atomic E-state index is -0.293. The van der Waals surface area contributed by atoms with Gasteiger partial charge in [0.1, 0.15) is 0 Å². The van der Waals surface area contributed by atoms with Crippen LogP contribution in [-0.4, -0.2) is 5.78 Å². The molecule has 0 amide bonds. The molecule has 76 valence electrons. The molecule has 0 saturated heterocycles. The third kappa shape index (κ3) is 2.22. The smallest absolute Gasteiger partial charge is 0.168 e. The Morgan fingerprint density at radius 2 is 1.71 bits per heavy atom. The molecule has 0 aliphatic heterocycles. The van der Waals surface area contributed by atoms with Crippen molar-refractivity contribution in [1.82, 2.24) is 0 Å². The molecular weight excluding hydrogens is 172 g/mol. The lowest BCUT2D eigenvalue weighted by atomic mass is 9.84. The van der Waals surface area contributed by atoms with Crippen molar-refractivity contribution in [3.63, 3.8) is 0 Å². The number of carbonyl (C=O) groups excluding carboxylic acids is 1. The van der Waals surface area contributed by atoms with Crippen LogP contribution in [0.15, 0.2) is 18.2 Å². The van der Waals surface area contributed by atoms with Gasteiger partial charge in [-0.15, -0.1) is 0 Å². The summed E-state index contributed by atoms with van der Waals surface area (Å²) in [5, 5.41) is 0. The Hall–Kier alpha value is -1.11. The first-order valence-corrected chi connectivity index (χ1v) is 4.94. The van der Waals surface area contributed by atoms with Crippen LogP contribution in [0.25, 0.3) is 0 Å². The molecular formula is C13H18O. The zero-order valence-corrected chi connectivity index (χ0v) is 9.64. The summed E-state index contributed by atoms with van der Waals surface area (Å²) < 4.78 is 0. The van der Waals surface area contributed by atoms with E-state index in [2.05, 4.69) is 0 Å². The molecule has 1 aromatic carbocycles. The average molecular weight is 190 g/mol. The Kier molecular flexibility index (Phi) is 2.79. The number of hydrogen-bond acceptors (Lipinski definition) is 1. The summed E-state index contributed by atoms with van der Waals surface area (Å²) in [6.45, 7) is 9.86. The van der Waals surface area contributed by atoms with Crippen LogP contribution in [0.1, 0.15) is 42.3 Å². The molecule has 0 aliphatic carbocycles. The van der Waals surface area contributed by atoms with Crippen molar-refractivity contribution in [3.8, 4) is 0 Å². The molecule has 1 aromatic rings. The summed E-state index contributed by atoms with van der Waals surface area (Å²) in [5.41, 5.74) is 2.77. The summed E-state index contributed by atoms with van der Waals surface area (Å²) in [6.07, 6.45) is 0. The minimum absolute atomic E-state index is 0.221. The fourth-order valence-electron chi connectivity index (χ4n) is 1.38. The summed E-state index contributed by atoms with van der Waals surface area (Å²) in [7, 11) is 0. The molecule has 0 bridgehead atoms. The van der Waals surface area contributed by atoms with E-state index in [4.69, 9.17) is 0 Å². The fraction of sp³-hybridized carbons (Fsp3) is 0.462. The zero-order valence-electron chi connectivity index (χ0n) is 9.64. The van der Waals surface area contributed by atoms with Crippen LogP contribution in [0, 0.1) is 19.3 Å². The molecule has 14 heavy (non-hydrogen) atoms. The second-order valence-corrected chi connectivity index (χ2v) is 4.90. The quantitative estimate of drug-likeness (QED) is 0.619. The van der Waals surface area contributed by atoms with Crippen molar-refractivity contribution in [2.45, 2.75) is 34.6 Å². The number of Topliss-reactive ketones (excluding diaryl/α,β-unsaturated/α-hetero) is 1. The molecule has 0 unspecified atom stereocenters. The van der Waals surface area contributed by atoms with Crippen LogP contribution >= 0.6 is 0 Å². The van der Waals surface area contributed by atoms with Gasteiger partial charge in [-0.1, -0.05) is 38.5 Å². The van der Waals surface area contributed by atoms with E-state index in [-0.39, 0.29) is 11.2 Å². The predicted octanol–water partition coefficient (Wildman–Crippen LogP) is 3.53. The molecule has 0 N–H and O–H groups in total. The van der Waals surface area contributed by atoms with Crippen LogP contribution in [0.2, 0.25) is 0 Å². The Bertz CT molecular complexity index is 356. The standard InChI is InChI=1S/C13H18O/c1-9-6-7-10(2)11(8-9)12(14)13(3,4)5/h6-8H,1-5H3. The van der Waals surface area contributed by atoms with E-state index in [1.807, 2.05) is 52.8 Å². The maximum atomic E-state index is 12.0. The van der Waals surface area contributed by atoms with Gasteiger partial charge in [0.05, 0.1) is 0 Å². The number of ketones is 1. The predicted molar refractivity (Wildman–Crippen MR) is 59.7 cm³/mol. The second kappa shape index (κ2) is 3.56. The van der Waals surface area contributed by atoms with Crippen molar-refractivity contribution >= 4 is 5.78 Å². The van der Waals surface area contributed by atoms with E-state index in [0.29, 0.717) is 0 Å². The van der Waals surface area contributed by atoms with E-state index < -0.39 is 0 Å². The van der Waals surface area contributed by atoms with Gasteiger partial charge in [-0.3, -0.25) is 4.79 Å². The third-order valence-corrected chi connectivity index (χ3v) is 2.32. The third-order valence-electron chi connectivity index (χ3n) is 2.32. The van der Waals surface area contributed by atoms with Crippen LogP contribution in [0.5, 0.6) is 0 Å². The molecule has 0 radical (unpaired) electrons. The average Bonchev–Trinajstić information content (AvgIpc) is 2.06. The van der Waals surface area contributed by atoms with E-state index in [0.717, 1.165) is 16.7 Å². The molecule has 0 fully saturated rings. The Balaban J connectivity index is 3.19. The lowest BCUT2D eigenvalue weighted by molar-refractivity contribution is 0.0857. The van der Waals surface area contributed by atoms with Crippen LogP contribution in [0.3, 0.4) is 0 Å². The van der Waals surface area contributed by atoms with Gasteiger partial charge in [-0.25, -0.2) is 0 Å². The molecule has 0 spiro atoms. The molecule has 0 atom stereocenters. The van der Waals surface area contributed by atoms with Crippen molar-refractivity contribution < 1.29 is 4.79 Å². The molecule has 1 heteroatoms. The Morgan fingerprint density at radius 1 is 1.14 bits per heavy atom. The van der Waals surface area contributed by atoms with Crippen molar-refractivity contribution in [2.75, 3.05) is 0 Å². The second-order valence-electron chi connectivity index (χ2n) is 4.90. The SMILES string of the molecule is Cc1ccc(C)c(C(=O)C(C)(C)C)c1. The highest BCUT2D eigenvalue weighted by molar-refractivity contribution is 6.01. The molecule has 1 nitrogen and oxygen atoms in total. The van der Waals surface area contributed by atoms with Crippen LogP contribution < -0.4 is 0 Å². The maximum Gasteiger partial charge on any atom is 0.168 e. The van der Waals surface area contributed by atoms with E-state index in [1.54, 1.807) is 0 Å². The van der Waals surface area contributed by atoms with Gasteiger partial charge in [-0.05, 0) is 25.5 Å². The van der Waals surface area contributed by atoms with Crippen LogP contribution in [-0.2, 0) is 0 Å². The lowest BCUT2D eigenvalue weighted by Gasteiger charge is -2.18. The Morgan fingerprint density at radius 3 is 2.21 bits per heavy atom. The summed E-state index contributed by atoms with van der Waals surface area (Å²) >= 11 is 0.